The first-order valence-electron chi connectivity index (χ1n) is 7.17. The van der Waals surface area contributed by atoms with E-state index in [1.165, 1.54) is 37.5 Å². The Bertz CT molecular complexity index is 824. The van der Waals surface area contributed by atoms with Gasteiger partial charge < -0.3 is 24.8 Å². The summed E-state index contributed by atoms with van der Waals surface area (Å²) in [7, 11) is 1.41. The Morgan fingerprint density at radius 1 is 1.08 bits per heavy atom. The third kappa shape index (κ3) is 4.74. The van der Waals surface area contributed by atoms with Crippen molar-refractivity contribution in [3.63, 3.8) is 0 Å². The first-order chi connectivity index (χ1) is 11.9. The first kappa shape index (κ1) is 17.9. The van der Waals surface area contributed by atoms with Crippen LogP contribution in [-0.2, 0) is 4.79 Å². The van der Waals surface area contributed by atoms with Gasteiger partial charge in [0.15, 0.2) is 23.9 Å². The summed E-state index contributed by atoms with van der Waals surface area (Å²) >= 11 is 0. The quantitative estimate of drug-likeness (QED) is 0.522. The third-order valence-corrected chi connectivity index (χ3v) is 3.21. The lowest BCUT2D eigenvalue weighted by atomic mass is 10.1. The molecule has 2 aromatic rings. The zero-order valence-electron chi connectivity index (χ0n) is 13.3. The van der Waals surface area contributed by atoms with Gasteiger partial charge in [0.25, 0.3) is 0 Å². The van der Waals surface area contributed by atoms with Crippen LogP contribution in [0, 0.1) is 0 Å². The van der Waals surface area contributed by atoms with E-state index in [1.54, 1.807) is 12.1 Å². The molecule has 2 rings (SSSR count). The summed E-state index contributed by atoms with van der Waals surface area (Å²) in [5.41, 5.74) is 0.675. The standard InChI is InChI=1S/C18H16O7/c1-24-17-8-11(3-7-16(17)25-10-18(22)23)2-6-14(20)13-5-4-12(19)9-15(13)21/h2-9,19,21H,10H2,1H3,(H,22,23). The number of ether oxygens (including phenoxy) is 2. The number of allylic oxidation sites excluding steroid dienone is 1. The van der Waals surface area contributed by atoms with Gasteiger partial charge in [-0.2, -0.15) is 0 Å². The van der Waals surface area contributed by atoms with Gasteiger partial charge in [0.05, 0.1) is 12.7 Å². The summed E-state index contributed by atoms with van der Waals surface area (Å²) < 4.78 is 10.2. The van der Waals surface area contributed by atoms with Crippen LogP contribution >= 0.6 is 0 Å². The van der Waals surface area contributed by atoms with Crippen molar-refractivity contribution in [2.24, 2.45) is 0 Å². The predicted octanol–water partition coefficient (Wildman–Crippen LogP) is 2.47. The molecule has 0 bridgehead atoms. The minimum atomic E-state index is -1.11. The number of aromatic hydroxyl groups is 2. The molecular weight excluding hydrogens is 328 g/mol. The number of phenols is 2. The van der Waals surface area contributed by atoms with Crippen molar-refractivity contribution in [3.8, 4) is 23.0 Å². The fourth-order valence-electron chi connectivity index (χ4n) is 2.04. The monoisotopic (exact) mass is 344 g/mol. The molecule has 7 nitrogen and oxygen atoms in total. The fraction of sp³-hybridized carbons (Fsp3) is 0.111. The number of carboxylic acids is 1. The molecule has 0 spiro atoms. The van der Waals surface area contributed by atoms with E-state index in [2.05, 4.69) is 0 Å². The Hall–Kier alpha value is -3.48. The molecule has 0 aliphatic rings. The SMILES string of the molecule is COc1cc(C=CC(=O)c2ccc(O)cc2O)ccc1OCC(=O)O. The van der Waals surface area contributed by atoms with Crippen molar-refractivity contribution >= 4 is 17.8 Å². The molecule has 0 unspecified atom stereocenters. The van der Waals surface area contributed by atoms with Gasteiger partial charge in [-0.1, -0.05) is 12.1 Å². The van der Waals surface area contributed by atoms with Crippen LogP contribution in [0.2, 0.25) is 0 Å². The Morgan fingerprint density at radius 2 is 1.84 bits per heavy atom. The number of benzene rings is 2. The van der Waals surface area contributed by atoms with Gasteiger partial charge >= 0.3 is 5.97 Å². The molecule has 0 atom stereocenters. The number of rotatable bonds is 7. The lowest BCUT2D eigenvalue weighted by Gasteiger charge is -2.09. The number of aliphatic carboxylic acids is 1. The maximum absolute atomic E-state index is 12.1. The molecule has 0 fully saturated rings. The molecular formula is C18H16O7. The number of carboxylic acid groups (broad SMARTS) is 1. The molecule has 7 heteroatoms. The first-order valence-corrected chi connectivity index (χ1v) is 7.17. The van der Waals surface area contributed by atoms with Gasteiger partial charge in [0.1, 0.15) is 11.5 Å². The molecule has 0 aliphatic heterocycles. The van der Waals surface area contributed by atoms with Gasteiger partial charge in [-0.15, -0.1) is 0 Å². The molecule has 0 aliphatic carbocycles. The number of carbonyl (C=O) groups excluding carboxylic acids is 1. The summed E-state index contributed by atoms with van der Waals surface area (Å²) in [6, 6.07) is 8.44. The summed E-state index contributed by atoms with van der Waals surface area (Å²) in [5, 5.41) is 27.6. The van der Waals surface area contributed by atoms with Crippen molar-refractivity contribution in [1.82, 2.24) is 0 Å². The smallest absolute Gasteiger partial charge is 0.341 e. The van der Waals surface area contributed by atoms with Crippen LogP contribution in [0.3, 0.4) is 0 Å². The lowest BCUT2D eigenvalue weighted by molar-refractivity contribution is -0.139. The Kier molecular flexibility index (Phi) is 5.62. The van der Waals surface area contributed by atoms with E-state index in [0.717, 1.165) is 6.07 Å². The Balaban J connectivity index is 2.17. The van der Waals surface area contributed by atoms with Gasteiger partial charge in [0, 0.05) is 6.07 Å². The second kappa shape index (κ2) is 7.87. The molecule has 0 radical (unpaired) electrons. The van der Waals surface area contributed by atoms with Gasteiger partial charge in [0.2, 0.25) is 0 Å². The van der Waals surface area contributed by atoms with E-state index in [-0.39, 0.29) is 22.8 Å². The molecule has 130 valence electrons. The third-order valence-electron chi connectivity index (χ3n) is 3.21. The largest absolute Gasteiger partial charge is 0.508 e. The van der Waals surface area contributed by atoms with Gasteiger partial charge in [-0.05, 0) is 35.9 Å². The highest BCUT2D eigenvalue weighted by Crippen LogP contribution is 2.29. The topological polar surface area (TPSA) is 113 Å². The van der Waals surface area contributed by atoms with Gasteiger partial charge in [-0.3, -0.25) is 4.79 Å². The molecule has 2 aromatic carbocycles. The average Bonchev–Trinajstić information content (AvgIpc) is 2.58. The highest BCUT2D eigenvalue weighted by molar-refractivity contribution is 6.08. The predicted molar refractivity (Wildman–Crippen MR) is 89.3 cm³/mol. The van der Waals surface area contributed by atoms with Crippen LogP contribution in [0.5, 0.6) is 23.0 Å². The summed E-state index contributed by atoms with van der Waals surface area (Å²) in [6.45, 7) is -0.496. The van der Waals surface area contributed by atoms with Crippen molar-refractivity contribution in [2.45, 2.75) is 0 Å². The van der Waals surface area contributed by atoms with E-state index in [4.69, 9.17) is 14.6 Å². The number of ketones is 1. The van der Waals surface area contributed by atoms with Crippen molar-refractivity contribution < 1.29 is 34.4 Å². The summed E-state index contributed by atoms with van der Waals surface area (Å²) in [4.78, 5) is 22.6. The minimum absolute atomic E-state index is 0.0578. The summed E-state index contributed by atoms with van der Waals surface area (Å²) in [5.74, 6) is -1.41. The van der Waals surface area contributed by atoms with Crippen molar-refractivity contribution in [3.05, 3.63) is 53.6 Å². The van der Waals surface area contributed by atoms with Crippen LogP contribution in [0.25, 0.3) is 6.08 Å². The van der Waals surface area contributed by atoms with Crippen molar-refractivity contribution in [1.29, 1.82) is 0 Å². The number of phenolic OH excluding ortho intramolecular Hbond substituents is 2. The van der Waals surface area contributed by atoms with Crippen LogP contribution < -0.4 is 9.47 Å². The molecule has 0 heterocycles. The highest BCUT2D eigenvalue weighted by atomic mass is 16.5. The number of hydrogen-bond donors (Lipinski definition) is 3. The number of hydrogen-bond acceptors (Lipinski definition) is 6. The Morgan fingerprint density at radius 3 is 2.48 bits per heavy atom. The molecule has 0 amide bonds. The molecule has 3 N–H and O–H groups in total. The van der Waals surface area contributed by atoms with Crippen LogP contribution in [0.1, 0.15) is 15.9 Å². The van der Waals surface area contributed by atoms with E-state index in [9.17, 15) is 19.8 Å². The zero-order chi connectivity index (χ0) is 18.4. The molecule has 0 aromatic heterocycles. The second-order valence-electron chi connectivity index (χ2n) is 4.99. The van der Waals surface area contributed by atoms with E-state index < -0.39 is 18.4 Å². The molecule has 0 saturated heterocycles. The van der Waals surface area contributed by atoms with Crippen LogP contribution in [0.4, 0.5) is 0 Å². The lowest BCUT2D eigenvalue weighted by Crippen LogP contribution is -2.10. The average molecular weight is 344 g/mol. The molecule has 0 saturated carbocycles. The highest BCUT2D eigenvalue weighted by Gasteiger charge is 2.10. The van der Waals surface area contributed by atoms with E-state index >= 15 is 0 Å². The second-order valence-corrected chi connectivity index (χ2v) is 4.99. The van der Waals surface area contributed by atoms with E-state index in [1.807, 2.05) is 0 Å². The van der Waals surface area contributed by atoms with Gasteiger partial charge in [-0.25, -0.2) is 4.79 Å². The minimum Gasteiger partial charge on any atom is -0.508 e. The number of carbonyl (C=O) groups is 2. The Labute approximate surface area is 143 Å². The van der Waals surface area contributed by atoms with E-state index in [0.29, 0.717) is 11.3 Å². The maximum atomic E-state index is 12.1. The van der Waals surface area contributed by atoms with Crippen LogP contribution in [-0.4, -0.2) is 40.8 Å². The van der Waals surface area contributed by atoms with Crippen molar-refractivity contribution in [2.75, 3.05) is 13.7 Å². The van der Waals surface area contributed by atoms with Crippen LogP contribution in [0.15, 0.2) is 42.5 Å². The number of methoxy groups -OCH3 is 1. The summed E-state index contributed by atoms with van der Waals surface area (Å²) in [6.07, 6.45) is 2.77. The molecule has 25 heavy (non-hydrogen) atoms. The maximum Gasteiger partial charge on any atom is 0.341 e. The normalized spacial score (nSPS) is 10.6. The fourth-order valence-corrected chi connectivity index (χ4v) is 2.04. The zero-order valence-corrected chi connectivity index (χ0v) is 13.3.